The van der Waals surface area contributed by atoms with Crippen molar-refractivity contribution in [2.24, 2.45) is 5.92 Å². The molecule has 0 heterocycles. The Morgan fingerprint density at radius 1 is 1.27 bits per heavy atom. The molecule has 3 rings (SSSR count). The van der Waals surface area contributed by atoms with Crippen molar-refractivity contribution in [3.05, 3.63) is 35.4 Å². The van der Waals surface area contributed by atoms with Gasteiger partial charge < -0.3 is 5.11 Å². The quantitative estimate of drug-likeness (QED) is 0.781. The van der Waals surface area contributed by atoms with Gasteiger partial charge in [0.1, 0.15) is 0 Å². The van der Waals surface area contributed by atoms with Crippen molar-refractivity contribution in [2.75, 3.05) is 6.61 Å². The van der Waals surface area contributed by atoms with Gasteiger partial charge in [0, 0.05) is 5.41 Å². The summed E-state index contributed by atoms with van der Waals surface area (Å²) < 4.78 is 0. The fourth-order valence-corrected chi connectivity index (χ4v) is 3.31. The molecule has 0 aliphatic heterocycles. The van der Waals surface area contributed by atoms with Crippen molar-refractivity contribution in [3.8, 4) is 0 Å². The van der Waals surface area contributed by atoms with E-state index in [1.165, 1.54) is 43.2 Å². The molecule has 2 aliphatic rings. The average molecular weight is 202 g/mol. The Balaban J connectivity index is 2.10. The molecule has 1 atom stereocenters. The van der Waals surface area contributed by atoms with Crippen LogP contribution < -0.4 is 0 Å². The number of hydrogen-bond acceptors (Lipinski definition) is 1. The molecule has 1 nitrogen and oxygen atoms in total. The van der Waals surface area contributed by atoms with Crippen LogP contribution in [-0.4, -0.2) is 11.7 Å². The normalized spacial score (nSPS) is 29.9. The highest BCUT2D eigenvalue weighted by molar-refractivity contribution is 5.38. The van der Waals surface area contributed by atoms with Crippen LogP contribution in [0, 0.1) is 5.92 Å². The minimum absolute atomic E-state index is 0.120. The lowest BCUT2D eigenvalue weighted by Crippen LogP contribution is -2.36. The summed E-state index contributed by atoms with van der Waals surface area (Å²) >= 11 is 0. The Bertz CT molecular complexity index is 367. The largest absolute Gasteiger partial charge is 0.395 e. The molecule has 0 bridgehead atoms. The molecule has 1 aromatic carbocycles. The summed E-state index contributed by atoms with van der Waals surface area (Å²) in [5, 5.41) is 9.80. The molecule has 0 saturated heterocycles. The third-order valence-corrected chi connectivity index (χ3v) is 4.26. The van der Waals surface area contributed by atoms with E-state index in [1.807, 2.05) is 0 Å². The van der Waals surface area contributed by atoms with Crippen LogP contribution in [-0.2, 0) is 11.8 Å². The number of benzene rings is 1. The lowest BCUT2D eigenvalue weighted by atomic mass is 9.67. The Morgan fingerprint density at radius 3 is 2.80 bits per heavy atom. The summed E-state index contributed by atoms with van der Waals surface area (Å²) in [7, 11) is 0. The number of aliphatic hydroxyl groups is 1. The first-order valence-corrected chi connectivity index (χ1v) is 6.06. The number of fused-ring (bicyclic) bond motifs is 1. The molecule has 1 aromatic rings. The van der Waals surface area contributed by atoms with E-state index < -0.39 is 0 Å². The zero-order valence-electron chi connectivity index (χ0n) is 9.08. The summed E-state index contributed by atoms with van der Waals surface area (Å²) in [6, 6.07) is 8.72. The van der Waals surface area contributed by atoms with Crippen LogP contribution in [0.5, 0.6) is 0 Å². The highest BCUT2D eigenvalue weighted by Crippen LogP contribution is 2.52. The molecule has 0 radical (unpaired) electrons. The fraction of sp³-hybridized carbons (Fsp3) is 0.571. The second kappa shape index (κ2) is 3.34. The smallest absolute Gasteiger partial charge is 0.0530 e. The van der Waals surface area contributed by atoms with Crippen molar-refractivity contribution in [1.29, 1.82) is 0 Å². The molecule has 1 saturated carbocycles. The van der Waals surface area contributed by atoms with E-state index in [4.69, 9.17) is 0 Å². The van der Waals surface area contributed by atoms with E-state index in [-0.39, 0.29) is 5.41 Å². The SMILES string of the molecule is OCC1(C2CC2)CCCc2ccccc21. The predicted octanol–water partition coefficient (Wildman–Crippen LogP) is 2.66. The number of rotatable bonds is 2. The molecule has 0 amide bonds. The summed E-state index contributed by atoms with van der Waals surface area (Å²) in [6.45, 7) is 0.342. The highest BCUT2D eigenvalue weighted by atomic mass is 16.3. The van der Waals surface area contributed by atoms with E-state index in [2.05, 4.69) is 24.3 Å². The van der Waals surface area contributed by atoms with Crippen LogP contribution in [0.1, 0.15) is 36.8 Å². The molecule has 80 valence electrons. The molecular formula is C14H18O. The van der Waals surface area contributed by atoms with Crippen molar-refractivity contribution in [3.63, 3.8) is 0 Å². The average Bonchev–Trinajstić information content (AvgIpc) is 3.12. The van der Waals surface area contributed by atoms with Crippen molar-refractivity contribution >= 4 is 0 Å². The zero-order valence-corrected chi connectivity index (χ0v) is 9.08. The predicted molar refractivity (Wildman–Crippen MR) is 60.9 cm³/mol. The maximum Gasteiger partial charge on any atom is 0.0530 e. The van der Waals surface area contributed by atoms with Gasteiger partial charge in [-0.3, -0.25) is 0 Å². The first-order valence-electron chi connectivity index (χ1n) is 6.06. The second-order valence-electron chi connectivity index (χ2n) is 5.10. The Hall–Kier alpha value is -0.820. The van der Waals surface area contributed by atoms with Crippen molar-refractivity contribution < 1.29 is 5.11 Å². The number of aliphatic hydroxyl groups excluding tert-OH is 1. The summed E-state index contributed by atoms with van der Waals surface area (Å²) in [5.41, 5.74) is 3.04. The van der Waals surface area contributed by atoms with E-state index in [0.29, 0.717) is 6.61 Å². The third-order valence-electron chi connectivity index (χ3n) is 4.26. The van der Waals surface area contributed by atoms with Gasteiger partial charge in [-0.25, -0.2) is 0 Å². The molecule has 15 heavy (non-hydrogen) atoms. The highest BCUT2D eigenvalue weighted by Gasteiger charge is 2.47. The Labute approximate surface area is 91.1 Å². The van der Waals surface area contributed by atoms with Crippen LogP contribution in [0.15, 0.2) is 24.3 Å². The summed E-state index contributed by atoms with van der Waals surface area (Å²) in [6.07, 6.45) is 6.26. The van der Waals surface area contributed by atoms with E-state index >= 15 is 0 Å². The standard InChI is InChI=1S/C14H18O/c15-10-14(12-7-8-12)9-3-5-11-4-1-2-6-13(11)14/h1-2,4,6,12,15H,3,5,7-10H2. The maximum atomic E-state index is 9.80. The number of aryl methyl sites for hydroxylation is 1. The monoisotopic (exact) mass is 202 g/mol. The number of hydrogen-bond donors (Lipinski definition) is 1. The summed E-state index contributed by atoms with van der Waals surface area (Å²) in [4.78, 5) is 0. The molecule has 1 unspecified atom stereocenters. The molecular weight excluding hydrogens is 184 g/mol. The van der Waals surface area contributed by atoms with Gasteiger partial charge >= 0.3 is 0 Å². The first kappa shape index (κ1) is 9.41. The molecule has 0 aromatic heterocycles. The Kier molecular flexibility index (Phi) is 2.10. The van der Waals surface area contributed by atoms with Gasteiger partial charge in [-0.15, -0.1) is 0 Å². The van der Waals surface area contributed by atoms with Crippen molar-refractivity contribution in [1.82, 2.24) is 0 Å². The molecule has 2 aliphatic carbocycles. The first-order chi connectivity index (χ1) is 7.37. The maximum absolute atomic E-state index is 9.80. The molecule has 1 fully saturated rings. The van der Waals surface area contributed by atoms with E-state index in [9.17, 15) is 5.11 Å². The molecule has 1 heteroatoms. The van der Waals surface area contributed by atoms with Gasteiger partial charge in [-0.1, -0.05) is 24.3 Å². The molecule has 0 spiro atoms. The van der Waals surface area contributed by atoms with Crippen LogP contribution >= 0.6 is 0 Å². The van der Waals surface area contributed by atoms with Crippen molar-refractivity contribution in [2.45, 2.75) is 37.5 Å². The topological polar surface area (TPSA) is 20.2 Å². The van der Waals surface area contributed by atoms with Crippen LogP contribution in [0.25, 0.3) is 0 Å². The van der Waals surface area contributed by atoms with E-state index in [0.717, 1.165) is 5.92 Å². The minimum Gasteiger partial charge on any atom is -0.395 e. The van der Waals surface area contributed by atoms with Gasteiger partial charge in [0.2, 0.25) is 0 Å². The third kappa shape index (κ3) is 1.33. The fourth-order valence-electron chi connectivity index (χ4n) is 3.31. The van der Waals surface area contributed by atoms with Gasteiger partial charge in [-0.05, 0) is 49.1 Å². The van der Waals surface area contributed by atoms with Crippen LogP contribution in [0.4, 0.5) is 0 Å². The van der Waals surface area contributed by atoms with Crippen LogP contribution in [0.3, 0.4) is 0 Å². The minimum atomic E-state index is 0.120. The van der Waals surface area contributed by atoms with Gasteiger partial charge in [-0.2, -0.15) is 0 Å². The van der Waals surface area contributed by atoms with Crippen LogP contribution in [0.2, 0.25) is 0 Å². The van der Waals surface area contributed by atoms with Gasteiger partial charge in [0.05, 0.1) is 6.61 Å². The van der Waals surface area contributed by atoms with Gasteiger partial charge in [0.25, 0.3) is 0 Å². The zero-order chi connectivity index (χ0) is 10.3. The summed E-state index contributed by atoms with van der Waals surface area (Å²) in [5.74, 6) is 0.754. The second-order valence-corrected chi connectivity index (χ2v) is 5.10. The Morgan fingerprint density at radius 2 is 2.07 bits per heavy atom. The van der Waals surface area contributed by atoms with Gasteiger partial charge in [0.15, 0.2) is 0 Å². The van der Waals surface area contributed by atoms with E-state index in [1.54, 1.807) is 0 Å². The lowest BCUT2D eigenvalue weighted by molar-refractivity contribution is 0.154. The lowest BCUT2D eigenvalue weighted by Gasteiger charge is -2.38. The molecule has 1 N–H and O–H groups in total.